The maximum Gasteiger partial charge on any atom is 0.254 e. The molecule has 2 N–H and O–H groups in total. The summed E-state index contributed by atoms with van der Waals surface area (Å²) in [5, 5.41) is 0. The van der Waals surface area contributed by atoms with Gasteiger partial charge in [-0.2, -0.15) is 0 Å². The van der Waals surface area contributed by atoms with Crippen molar-refractivity contribution in [3.63, 3.8) is 0 Å². The second-order valence-electron chi connectivity index (χ2n) is 5.88. The normalized spacial score (nSPS) is 19.8. The van der Waals surface area contributed by atoms with E-state index in [1.165, 1.54) is 6.42 Å². The first kappa shape index (κ1) is 13.9. The molecule has 3 nitrogen and oxygen atoms in total. The second-order valence-corrected chi connectivity index (χ2v) is 5.88. The smallest absolute Gasteiger partial charge is 0.254 e. The summed E-state index contributed by atoms with van der Waals surface area (Å²) in [6, 6.07) is 5.95. The van der Waals surface area contributed by atoms with Gasteiger partial charge >= 0.3 is 0 Å². The molecule has 1 aliphatic rings. The Kier molecular flexibility index (Phi) is 4.13. The lowest BCUT2D eigenvalue weighted by Crippen LogP contribution is -2.46. The standard InChI is InChI=1S/C16H24N2O/c1-11(2)15-6-4-5-9-18(15)16(19)14-10-13(17)8-7-12(14)3/h7-8,10-11,15H,4-6,9,17H2,1-3H3. The number of nitrogens with zero attached hydrogens (tertiary/aromatic N) is 1. The lowest BCUT2D eigenvalue weighted by Gasteiger charge is -2.38. The predicted molar refractivity (Wildman–Crippen MR) is 79.1 cm³/mol. The van der Waals surface area contributed by atoms with Crippen LogP contribution in [0, 0.1) is 12.8 Å². The van der Waals surface area contributed by atoms with Crippen molar-refractivity contribution in [2.45, 2.75) is 46.1 Å². The lowest BCUT2D eigenvalue weighted by molar-refractivity contribution is 0.0542. The van der Waals surface area contributed by atoms with Crippen LogP contribution in [0.1, 0.15) is 49.0 Å². The largest absolute Gasteiger partial charge is 0.399 e. The summed E-state index contributed by atoms with van der Waals surface area (Å²) in [7, 11) is 0. The van der Waals surface area contributed by atoms with E-state index < -0.39 is 0 Å². The van der Waals surface area contributed by atoms with E-state index in [1.807, 2.05) is 25.1 Å². The van der Waals surface area contributed by atoms with E-state index in [0.717, 1.165) is 30.5 Å². The van der Waals surface area contributed by atoms with E-state index in [1.54, 1.807) is 0 Å². The fraction of sp³-hybridized carbons (Fsp3) is 0.562. The molecule has 1 unspecified atom stereocenters. The average Bonchev–Trinajstić information content (AvgIpc) is 2.40. The van der Waals surface area contributed by atoms with Gasteiger partial charge in [0.15, 0.2) is 0 Å². The number of anilines is 1. The number of amides is 1. The molecule has 1 saturated heterocycles. The van der Waals surface area contributed by atoms with E-state index in [-0.39, 0.29) is 5.91 Å². The van der Waals surface area contributed by atoms with Crippen molar-refractivity contribution in [2.75, 3.05) is 12.3 Å². The van der Waals surface area contributed by atoms with Gasteiger partial charge < -0.3 is 10.6 Å². The van der Waals surface area contributed by atoms with E-state index in [0.29, 0.717) is 17.6 Å². The monoisotopic (exact) mass is 260 g/mol. The first-order valence-electron chi connectivity index (χ1n) is 7.18. The summed E-state index contributed by atoms with van der Waals surface area (Å²) in [4.78, 5) is 14.8. The third-order valence-corrected chi connectivity index (χ3v) is 4.07. The molecule has 0 aliphatic carbocycles. The number of aryl methyl sites for hydroxylation is 1. The Labute approximate surface area is 115 Å². The molecule has 104 valence electrons. The van der Waals surface area contributed by atoms with Crippen LogP contribution in [0.15, 0.2) is 18.2 Å². The number of carbonyl (C=O) groups is 1. The van der Waals surface area contributed by atoms with E-state index in [2.05, 4.69) is 18.7 Å². The molecular weight excluding hydrogens is 236 g/mol. The number of piperidine rings is 1. The van der Waals surface area contributed by atoms with Crippen LogP contribution in [-0.4, -0.2) is 23.4 Å². The summed E-state index contributed by atoms with van der Waals surface area (Å²) in [5.74, 6) is 0.647. The summed E-state index contributed by atoms with van der Waals surface area (Å²) < 4.78 is 0. The number of nitrogens with two attached hydrogens (primary N) is 1. The topological polar surface area (TPSA) is 46.3 Å². The maximum absolute atomic E-state index is 12.8. The van der Waals surface area contributed by atoms with Gasteiger partial charge in [-0.25, -0.2) is 0 Å². The Hall–Kier alpha value is -1.51. The van der Waals surface area contributed by atoms with Crippen LogP contribution >= 0.6 is 0 Å². The SMILES string of the molecule is Cc1ccc(N)cc1C(=O)N1CCCCC1C(C)C. The Morgan fingerprint density at radius 1 is 1.37 bits per heavy atom. The maximum atomic E-state index is 12.8. The highest BCUT2D eigenvalue weighted by Crippen LogP contribution is 2.26. The minimum Gasteiger partial charge on any atom is -0.399 e. The molecule has 1 amide bonds. The minimum atomic E-state index is 0.142. The van der Waals surface area contributed by atoms with Gasteiger partial charge in [0.05, 0.1) is 0 Å². The quantitative estimate of drug-likeness (QED) is 0.830. The van der Waals surface area contributed by atoms with E-state index in [4.69, 9.17) is 5.73 Å². The molecule has 2 rings (SSSR count). The summed E-state index contributed by atoms with van der Waals surface area (Å²) in [6.07, 6.45) is 3.45. The molecule has 0 spiro atoms. The van der Waals surface area contributed by atoms with Crippen LogP contribution < -0.4 is 5.73 Å². The Bertz CT molecular complexity index is 468. The van der Waals surface area contributed by atoms with Crippen molar-refractivity contribution >= 4 is 11.6 Å². The van der Waals surface area contributed by atoms with Crippen LogP contribution in [0.4, 0.5) is 5.69 Å². The first-order valence-corrected chi connectivity index (χ1v) is 7.18. The minimum absolute atomic E-state index is 0.142. The molecule has 0 saturated carbocycles. The highest BCUT2D eigenvalue weighted by Gasteiger charge is 2.30. The third kappa shape index (κ3) is 2.91. The summed E-state index contributed by atoms with van der Waals surface area (Å²) in [6.45, 7) is 7.24. The number of benzene rings is 1. The summed E-state index contributed by atoms with van der Waals surface area (Å²) in [5.41, 5.74) is 8.24. The van der Waals surface area contributed by atoms with Crippen molar-refractivity contribution < 1.29 is 4.79 Å². The van der Waals surface area contributed by atoms with Crippen LogP contribution in [0.2, 0.25) is 0 Å². The van der Waals surface area contributed by atoms with E-state index >= 15 is 0 Å². The zero-order chi connectivity index (χ0) is 14.0. The zero-order valence-electron chi connectivity index (χ0n) is 12.1. The molecule has 19 heavy (non-hydrogen) atoms. The Balaban J connectivity index is 2.28. The average molecular weight is 260 g/mol. The second kappa shape index (κ2) is 5.64. The van der Waals surface area contributed by atoms with Gasteiger partial charge in [-0.05, 0) is 49.8 Å². The highest BCUT2D eigenvalue weighted by molar-refractivity contribution is 5.96. The molecule has 1 aromatic rings. The van der Waals surface area contributed by atoms with Crippen molar-refractivity contribution in [3.05, 3.63) is 29.3 Å². The predicted octanol–water partition coefficient (Wildman–Crippen LogP) is 3.23. The summed E-state index contributed by atoms with van der Waals surface area (Å²) >= 11 is 0. The molecule has 1 aromatic carbocycles. The molecule has 3 heteroatoms. The Morgan fingerprint density at radius 2 is 2.11 bits per heavy atom. The van der Waals surface area contributed by atoms with Gasteiger partial charge in [0.25, 0.3) is 5.91 Å². The highest BCUT2D eigenvalue weighted by atomic mass is 16.2. The number of hydrogen-bond donors (Lipinski definition) is 1. The van der Waals surface area contributed by atoms with Crippen molar-refractivity contribution in [3.8, 4) is 0 Å². The molecular formula is C16H24N2O. The van der Waals surface area contributed by atoms with Gasteiger partial charge in [0, 0.05) is 23.8 Å². The van der Waals surface area contributed by atoms with Gasteiger partial charge in [-0.3, -0.25) is 4.79 Å². The first-order chi connectivity index (χ1) is 9.00. The third-order valence-electron chi connectivity index (χ3n) is 4.07. The van der Waals surface area contributed by atoms with E-state index in [9.17, 15) is 4.79 Å². The number of likely N-dealkylation sites (tertiary alicyclic amines) is 1. The van der Waals surface area contributed by atoms with Crippen molar-refractivity contribution in [1.29, 1.82) is 0 Å². The molecule has 0 aromatic heterocycles. The zero-order valence-corrected chi connectivity index (χ0v) is 12.1. The number of rotatable bonds is 2. The van der Waals surface area contributed by atoms with Crippen LogP contribution in [0.3, 0.4) is 0 Å². The molecule has 1 aliphatic heterocycles. The number of carbonyl (C=O) groups excluding carboxylic acids is 1. The van der Waals surface area contributed by atoms with Crippen LogP contribution in [-0.2, 0) is 0 Å². The van der Waals surface area contributed by atoms with Gasteiger partial charge in [-0.15, -0.1) is 0 Å². The molecule has 1 atom stereocenters. The molecule has 0 bridgehead atoms. The van der Waals surface area contributed by atoms with Crippen LogP contribution in [0.5, 0.6) is 0 Å². The van der Waals surface area contributed by atoms with Gasteiger partial charge in [0.2, 0.25) is 0 Å². The van der Waals surface area contributed by atoms with Crippen molar-refractivity contribution in [2.24, 2.45) is 5.92 Å². The number of hydrogen-bond acceptors (Lipinski definition) is 2. The van der Waals surface area contributed by atoms with Crippen LogP contribution in [0.25, 0.3) is 0 Å². The fourth-order valence-corrected chi connectivity index (χ4v) is 2.93. The molecule has 1 fully saturated rings. The van der Waals surface area contributed by atoms with Crippen molar-refractivity contribution in [1.82, 2.24) is 4.90 Å². The molecule has 1 heterocycles. The lowest BCUT2D eigenvalue weighted by atomic mass is 9.91. The number of nitrogen functional groups attached to an aromatic ring is 1. The van der Waals surface area contributed by atoms with Gasteiger partial charge in [0.1, 0.15) is 0 Å². The molecule has 0 radical (unpaired) electrons. The van der Waals surface area contributed by atoms with Gasteiger partial charge in [-0.1, -0.05) is 19.9 Å². The Morgan fingerprint density at radius 3 is 2.79 bits per heavy atom. The fourth-order valence-electron chi connectivity index (χ4n) is 2.93.